The van der Waals surface area contributed by atoms with E-state index in [9.17, 15) is 13.2 Å². The Balaban J connectivity index is 2.57. The molecule has 0 radical (unpaired) electrons. The number of nitrogens with two attached hydrogens (primary N) is 1. The first kappa shape index (κ1) is 16.4. The van der Waals surface area contributed by atoms with E-state index in [0.717, 1.165) is 32.1 Å². The zero-order chi connectivity index (χ0) is 14.5. The van der Waals surface area contributed by atoms with Crippen molar-refractivity contribution in [3.05, 3.63) is 0 Å². The van der Waals surface area contributed by atoms with E-state index >= 15 is 0 Å². The summed E-state index contributed by atoms with van der Waals surface area (Å²) in [6.07, 6.45) is 7.36. The van der Waals surface area contributed by atoms with Crippen molar-refractivity contribution < 1.29 is 13.2 Å². The van der Waals surface area contributed by atoms with E-state index in [1.54, 1.807) is 7.05 Å². The van der Waals surface area contributed by atoms with Gasteiger partial charge in [0.25, 0.3) is 0 Å². The third-order valence-corrected chi connectivity index (χ3v) is 4.73. The van der Waals surface area contributed by atoms with Gasteiger partial charge in [-0.2, -0.15) is 0 Å². The first-order valence-electron chi connectivity index (χ1n) is 6.99. The molecule has 0 spiro atoms. The summed E-state index contributed by atoms with van der Waals surface area (Å²) in [7, 11) is -1.37. The molecule has 1 aliphatic rings. The lowest BCUT2D eigenvalue weighted by molar-refractivity contribution is -0.135. The predicted molar refractivity (Wildman–Crippen MR) is 76.5 cm³/mol. The van der Waals surface area contributed by atoms with Crippen LogP contribution in [-0.2, 0) is 14.6 Å². The fraction of sp³-hybridized carbons (Fsp3) is 0.923. The van der Waals surface area contributed by atoms with Gasteiger partial charge in [-0.25, -0.2) is 8.42 Å². The van der Waals surface area contributed by atoms with E-state index in [1.165, 1.54) is 17.6 Å². The van der Waals surface area contributed by atoms with Crippen LogP contribution in [0.15, 0.2) is 0 Å². The molecular weight excluding hydrogens is 264 g/mol. The first-order chi connectivity index (χ1) is 8.81. The summed E-state index contributed by atoms with van der Waals surface area (Å²) in [5.74, 6) is -0.139. The Morgan fingerprint density at radius 1 is 1.21 bits per heavy atom. The van der Waals surface area contributed by atoms with Crippen molar-refractivity contribution in [3.63, 3.8) is 0 Å². The molecule has 1 rings (SSSR count). The highest BCUT2D eigenvalue weighted by atomic mass is 32.2. The van der Waals surface area contributed by atoms with E-state index in [1.807, 2.05) is 0 Å². The molecule has 0 heterocycles. The average Bonchev–Trinajstić information content (AvgIpc) is 2.29. The van der Waals surface area contributed by atoms with Gasteiger partial charge >= 0.3 is 0 Å². The Hall–Kier alpha value is -0.620. The van der Waals surface area contributed by atoms with E-state index in [0.29, 0.717) is 0 Å². The van der Waals surface area contributed by atoms with Crippen LogP contribution in [0.1, 0.15) is 38.5 Å². The van der Waals surface area contributed by atoms with Crippen molar-refractivity contribution in [2.75, 3.05) is 25.6 Å². The van der Waals surface area contributed by atoms with Crippen molar-refractivity contribution in [3.8, 4) is 0 Å². The molecule has 5 nitrogen and oxygen atoms in total. The molecule has 6 heteroatoms. The molecule has 2 N–H and O–H groups in total. The number of rotatable bonds is 4. The minimum Gasteiger partial charge on any atom is -0.344 e. The molecule has 19 heavy (non-hydrogen) atoms. The van der Waals surface area contributed by atoms with Crippen LogP contribution in [0.5, 0.6) is 0 Å². The Kier molecular flexibility index (Phi) is 6.26. The van der Waals surface area contributed by atoms with Crippen LogP contribution in [0.4, 0.5) is 0 Å². The summed E-state index contributed by atoms with van der Waals surface area (Å²) in [6, 6.07) is -0.0894. The molecule has 1 saturated carbocycles. The topological polar surface area (TPSA) is 80.5 Å². The standard InChI is InChI=1S/C13H26N2O3S/c1-15(9-10-19(2,17)18)13(16)11-7-5-3-4-6-8-12(11)14/h11-12H,3-10,14H2,1-2H3. The zero-order valence-corrected chi connectivity index (χ0v) is 12.8. The van der Waals surface area contributed by atoms with Crippen LogP contribution in [-0.4, -0.2) is 50.9 Å². The van der Waals surface area contributed by atoms with E-state index in [-0.39, 0.29) is 30.2 Å². The third kappa shape index (κ3) is 5.91. The zero-order valence-electron chi connectivity index (χ0n) is 12.0. The Bertz CT molecular complexity index is 395. The fourth-order valence-electron chi connectivity index (χ4n) is 2.52. The van der Waals surface area contributed by atoms with E-state index in [4.69, 9.17) is 5.73 Å². The quantitative estimate of drug-likeness (QED) is 0.830. The van der Waals surface area contributed by atoms with Crippen molar-refractivity contribution in [1.29, 1.82) is 0 Å². The van der Waals surface area contributed by atoms with Gasteiger partial charge in [-0.1, -0.05) is 25.7 Å². The highest BCUT2D eigenvalue weighted by Gasteiger charge is 2.28. The lowest BCUT2D eigenvalue weighted by Gasteiger charge is -2.29. The number of carbonyl (C=O) groups is 1. The number of hydrogen-bond acceptors (Lipinski definition) is 4. The molecule has 1 aliphatic carbocycles. The third-order valence-electron chi connectivity index (χ3n) is 3.81. The van der Waals surface area contributed by atoms with E-state index in [2.05, 4.69) is 0 Å². The molecule has 0 aromatic carbocycles. The molecule has 1 amide bonds. The molecule has 112 valence electrons. The first-order valence-corrected chi connectivity index (χ1v) is 9.05. The summed E-state index contributed by atoms with van der Waals surface area (Å²) in [5.41, 5.74) is 6.10. The molecule has 2 unspecified atom stereocenters. The number of carbonyl (C=O) groups excluding carboxylic acids is 1. The molecule has 0 bridgehead atoms. The predicted octanol–water partition coefficient (Wildman–Crippen LogP) is 0.787. The SMILES string of the molecule is CN(CCS(C)(=O)=O)C(=O)C1CCCCCCC1N. The van der Waals surface area contributed by atoms with Crippen molar-refractivity contribution in [2.24, 2.45) is 11.7 Å². The highest BCUT2D eigenvalue weighted by Crippen LogP contribution is 2.23. The highest BCUT2D eigenvalue weighted by molar-refractivity contribution is 7.90. The van der Waals surface area contributed by atoms with Crippen molar-refractivity contribution in [1.82, 2.24) is 4.90 Å². The Morgan fingerprint density at radius 2 is 1.79 bits per heavy atom. The van der Waals surface area contributed by atoms with Gasteiger partial charge in [-0.05, 0) is 12.8 Å². The van der Waals surface area contributed by atoms with Crippen LogP contribution in [0.25, 0.3) is 0 Å². The molecule has 0 aromatic rings. The second-order valence-electron chi connectivity index (χ2n) is 5.65. The lowest BCUT2D eigenvalue weighted by Crippen LogP contribution is -2.44. The fourth-order valence-corrected chi connectivity index (χ4v) is 3.12. The normalized spacial score (nSPS) is 25.4. The second-order valence-corrected chi connectivity index (χ2v) is 7.91. The molecule has 1 fully saturated rings. The minimum atomic E-state index is -3.04. The summed E-state index contributed by atoms with van der Waals surface area (Å²) < 4.78 is 22.3. The number of nitrogens with zero attached hydrogens (tertiary/aromatic N) is 1. The van der Waals surface area contributed by atoms with Crippen molar-refractivity contribution >= 4 is 15.7 Å². The maximum atomic E-state index is 12.3. The van der Waals surface area contributed by atoms with Crippen LogP contribution >= 0.6 is 0 Å². The Morgan fingerprint density at radius 3 is 2.37 bits per heavy atom. The number of amides is 1. The maximum Gasteiger partial charge on any atom is 0.227 e. The van der Waals surface area contributed by atoms with Crippen LogP contribution in [0, 0.1) is 5.92 Å². The van der Waals surface area contributed by atoms with Gasteiger partial charge in [-0.3, -0.25) is 4.79 Å². The van der Waals surface area contributed by atoms with Gasteiger partial charge in [0.05, 0.1) is 11.7 Å². The second kappa shape index (κ2) is 7.24. The largest absolute Gasteiger partial charge is 0.344 e. The van der Waals surface area contributed by atoms with Gasteiger partial charge in [0.15, 0.2) is 0 Å². The van der Waals surface area contributed by atoms with E-state index < -0.39 is 9.84 Å². The summed E-state index contributed by atoms with van der Waals surface area (Å²) in [5, 5.41) is 0. The van der Waals surface area contributed by atoms with Crippen LogP contribution in [0.3, 0.4) is 0 Å². The summed E-state index contributed by atoms with van der Waals surface area (Å²) >= 11 is 0. The van der Waals surface area contributed by atoms with Crippen LogP contribution < -0.4 is 5.73 Å². The molecule has 0 aromatic heterocycles. The van der Waals surface area contributed by atoms with Gasteiger partial charge in [0.2, 0.25) is 5.91 Å². The van der Waals surface area contributed by atoms with Crippen LogP contribution in [0.2, 0.25) is 0 Å². The molecule has 0 saturated heterocycles. The minimum absolute atomic E-state index is 0.00181. The monoisotopic (exact) mass is 290 g/mol. The van der Waals surface area contributed by atoms with Crippen molar-refractivity contribution in [2.45, 2.75) is 44.6 Å². The maximum absolute atomic E-state index is 12.3. The smallest absolute Gasteiger partial charge is 0.227 e. The Labute approximate surface area is 116 Å². The summed E-state index contributed by atoms with van der Waals surface area (Å²) in [4.78, 5) is 13.9. The molecule has 0 aliphatic heterocycles. The number of sulfone groups is 1. The van der Waals surface area contributed by atoms with Gasteiger partial charge in [0, 0.05) is 25.9 Å². The number of hydrogen-bond donors (Lipinski definition) is 1. The summed E-state index contributed by atoms with van der Waals surface area (Å²) in [6.45, 7) is 0.251. The lowest BCUT2D eigenvalue weighted by atomic mass is 9.86. The molecule has 2 atom stereocenters. The van der Waals surface area contributed by atoms with Gasteiger partial charge in [-0.15, -0.1) is 0 Å². The van der Waals surface area contributed by atoms with Gasteiger partial charge < -0.3 is 10.6 Å². The molecular formula is C13H26N2O3S. The van der Waals surface area contributed by atoms with Gasteiger partial charge in [0.1, 0.15) is 9.84 Å². The average molecular weight is 290 g/mol.